The van der Waals surface area contributed by atoms with Gasteiger partial charge in [0.25, 0.3) is 0 Å². The van der Waals surface area contributed by atoms with Crippen LogP contribution in [0.3, 0.4) is 0 Å². The van der Waals surface area contributed by atoms with Gasteiger partial charge in [-0.05, 0) is 69.9 Å². The van der Waals surface area contributed by atoms with Gasteiger partial charge in [0.05, 0.1) is 21.3 Å². The van der Waals surface area contributed by atoms with E-state index in [0.717, 1.165) is 81.3 Å². The minimum Gasteiger partial charge on any atom is -0.461 e. The standard InChI is InChI=1S/C29H30F5N7OS/c1-40(15-6-9-36-13-15)25-17-12-18(29(32,33)34)20(16-4-5-19(30)24-23(16)37-26(35)43-24)21(31)22(17)38-27(39-25)42-14-28-7-2-10-41(28)11-3-8-28/h4-5,12,15,36H,2-3,6-11,13-14H2,1H3,(H2,35,37)/t15-/m1/s1. The number of nitrogen functional groups attached to an aromatic ring is 1. The Morgan fingerprint density at radius 1 is 1.14 bits per heavy atom. The third-order valence-electron chi connectivity index (χ3n) is 9.17. The molecule has 3 N–H and O–H groups in total. The lowest BCUT2D eigenvalue weighted by Crippen LogP contribution is -2.43. The fourth-order valence-electron chi connectivity index (χ4n) is 7.01. The van der Waals surface area contributed by atoms with Crippen molar-refractivity contribution in [3.8, 4) is 17.1 Å². The van der Waals surface area contributed by atoms with Crippen LogP contribution in [-0.2, 0) is 6.18 Å². The number of hydrogen-bond donors (Lipinski definition) is 2. The molecule has 0 radical (unpaired) electrons. The van der Waals surface area contributed by atoms with Crippen molar-refractivity contribution < 1.29 is 26.7 Å². The van der Waals surface area contributed by atoms with Crippen LogP contribution in [0, 0.1) is 11.6 Å². The molecule has 7 rings (SSSR count). The fourth-order valence-corrected chi connectivity index (χ4v) is 7.77. The molecule has 2 aromatic carbocycles. The lowest BCUT2D eigenvalue weighted by atomic mass is 9.95. The number of nitrogens with zero attached hydrogens (tertiary/aromatic N) is 5. The van der Waals surface area contributed by atoms with E-state index in [1.807, 2.05) is 0 Å². The number of benzene rings is 2. The quantitative estimate of drug-likeness (QED) is 0.270. The molecular weight excluding hydrogens is 589 g/mol. The van der Waals surface area contributed by atoms with E-state index in [2.05, 4.69) is 25.2 Å². The van der Waals surface area contributed by atoms with E-state index in [0.29, 0.717) is 13.2 Å². The Morgan fingerprint density at radius 2 is 1.91 bits per heavy atom. The zero-order valence-corrected chi connectivity index (χ0v) is 24.2. The van der Waals surface area contributed by atoms with Crippen molar-refractivity contribution in [3.05, 3.63) is 35.4 Å². The Balaban J connectivity index is 1.44. The number of alkyl halides is 3. The fraction of sp³-hybridized carbons (Fsp3) is 0.483. The van der Waals surface area contributed by atoms with Crippen LogP contribution in [0.5, 0.6) is 6.01 Å². The summed E-state index contributed by atoms with van der Waals surface area (Å²) in [7, 11) is 1.73. The second-order valence-electron chi connectivity index (χ2n) is 11.6. The SMILES string of the molecule is CN(c1nc(OCC23CCCN2CCC3)nc2c(F)c(-c3ccc(F)c4sc(N)nc34)c(C(F)(F)F)cc12)[C@@H]1CCNC1. The number of aromatic nitrogens is 3. The molecule has 0 amide bonds. The smallest absolute Gasteiger partial charge is 0.417 e. The highest BCUT2D eigenvalue weighted by Crippen LogP contribution is 2.46. The van der Waals surface area contributed by atoms with Gasteiger partial charge in [0, 0.05) is 36.1 Å². The highest BCUT2D eigenvalue weighted by molar-refractivity contribution is 7.22. The van der Waals surface area contributed by atoms with E-state index < -0.39 is 28.9 Å². The average molecular weight is 620 g/mol. The van der Waals surface area contributed by atoms with E-state index in [4.69, 9.17) is 10.5 Å². The largest absolute Gasteiger partial charge is 0.461 e. The van der Waals surface area contributed by atoms with Gasteiger partial charge in [0.1, 0.15) is 23.8 Å². The Hall–Kier alpha value is -3.36. The normalized spacial score (nSPS) is 20.4. The maximum Gasteiger partial charge on any atom is 0.417 e. The topological polar surface area (TPSA) is 92.4 Å². The molecule has 3 saturated heterocycles. The maximum atomic E-state index is 16.7. The molecule has 0 spiro atoms. The molecule has 14 heteroatoms. The van der Waals surface area contributed by atoms with Gasteiger partial charge in [0.2, 0.25) is 0 Å². The van der Waals surface area contributed by atoms with Gasteiger partial charge < -0.3 is 20.7 Å². The van der Waals surface area contributed by atoms with E-state index in [1.165, 1.54) is 0 Å². The first-order valence-electron chi connectivity index (χ1n) is 14.3. The number of hydrogen-bond acceptors (Lipinski definition) is 9. The van der Waals surface area contributed by atoms with Crippen molar-refractivity contribution in [1.82, 2.24) is 25.2 Å². The number of likely N-dealkylation sites (N-methyl/N-ethyl adjacent to an activating group) is 1. The summed E-state index contributed by atoms with van der Waals surface area (Å²) in [6.45, 7) is 3.61. The summed E-state index contributed by atoms with van der Waals surface area (Å²) in [6, 6.07) is 2.80. The molecule has 0 saturated carbocycles. The van der Waals surface area contributed by atoms with E-state index in [1.54, 1.807) is 11.9 Å². The highest BCUT2D eigenvalue weighted by atomic mass is 32.1. The van der Waals surface area contributed by atoms with Gasteiger partial charge in [-0.3, -0.25) is 4.90 Å². The third-order valence-corrected chi connectivity index (χ3v) is 10.1. The summed E-state index contributed by atoms with van der Waals surface area (Å²) >= 11 is 0.785. The van der Waals surface area contributed by atoms with Crippen LogP contribution < -0.4 is 20.7 Å². The lowest BCUT2D eigenvalue weighted by Gasteiger charge is -2.31. The van der Waals surface area contributed by atoms with Crippen LogP contribution >= 0.6 is 11.3 Å². The number of anilines is 2. The first kappa shape index (κ1) is 28.4. The summed E-state index contributed by atoms with van der Waals surface area (Å²) in [5, 5.41) is 3.12. The number of nitrogens with one attached hydrogen (secondary N) is 1. The van der Waals surface area contributed by atoms with Crippen molar-refractivity contribution in [2.45, 2.75) is 49.9 Å². The predicted octanol–water partition coefficient (Wildman–Crippen LogP) is 5.59. The van der Waals surface area contributed by atoms with Crippen LogP contribution in [0.2, 0.25) is 0 Å². The van der Waals surface area contributed by atoms with Crippen molar-refractivity contribution in [1.29, 1.82) is 0 Å². The van der Waals surface area contributed by atoms with Gasteiger partial charge in [-0.1, -0.05) is 11.3 Å². The summed E-state index contributed by atoms with van der Waals surface area (Å²) in [4.78, 5) is 17.2. The van der Waals surface area contributed by atoms with Crippen molar-refractivity contribution in [2.75, 3.05) is 50.5 Å². The van der Waals surface area contributed by atoms with E-state index in [9.17, 15) is 17.6 Å². The van der Waals surface area contributed by atoms with Crippen LogP contribution in [0.1, 0.15) is 37.7 Å². The van der Waals surface area contributed by atoms with Gasteiger partial charge in [-0.2, -0.15) is 23.1 Å². The monoisotopic (exact) mass is 619 g/mol. The Bertz CT molecular complexity index is 1710. The van der Waals surface area contributed by atoms with Crippen LogP contribution in [0.15, 0.2) is 18.2 Å². The molecule has 43 heavy (non-hydrogen) atoms. The molecule has 0 aliphatic carbocycles. The molecule has 2 aromatic heterocycles. The number of nitrogens with two attached hydrogens (primary N) is 1. The van der Waals surface area contributed by atoms with Gasteiger partial charge in [0.15, 0.2) is 10.9 Å². The van der Waals surface area contributed by atoms with Gasteiger partial charge in [-0.25, -0.2) is 13.8 Å². The number of rotatable bonds is 6. The van der Waals surface area contributed by atoms with Gasteiger partial charge in [-0.15, -0.1) is 0 Å². The number of fused-ring (bicyclic) bond motifs is 3. The van der Waals surface area contributed by atoms with Gasteiger partial charge >= 0.3 is 12.2 Å². The number of halogens is 5. The third kappa shape index (κ3) is 4.74. The minimum atomic E-state index is -4.96. The summed E-state index contributed by atoms with van der Waals surface area (Å²) in [5.41, 5.74) is 2.95. The molecule has 3 fully saturated rings. The molecule has 3 aliphatic heterocycles. The van der Waals surface area contributed by atoms with Crippen molar-refractivity contribution >= 4 is 43.4 Å². The second kappa shape index (κ2) is 10.4. The molecule has 5 heterocycles. The van der Waals surface area contributed by atoms with Crippen molar-refractivity contribution in [3.63, 3.8) is 0 Å². The molecular formula is C29H30F5N7OS. The summed E-state index contributed by atoms with van der Waals surface area (Å²) in [6.07, 6.45) is -0.189. The Labute approximate surface area is 248 Å². The molecule has 0 bridgehead atoms. The van der Waals surface area contributed by atoms with Crippen LogP contribution in [-0.4, -0.2) is 71.3 Å². The average Bonchev–Trinajstić information content (AvgIpc) is 3.76. The van der Waals surface area contributed by atoms with E-state index >= 15 is 4.39 Å². The van der Waals surface area contributed by atoms with Crippen molar-refractivity contribution in [2.24, 2.45) is 0 Å². The molecule has 228 valence electrons. The van der Waals surface area contributed by atoms with Crippen LogP contribution in [0.4, 0.5) is 32.9 Å². The summed E-state index contributed by atoms with van der Waals surface area (Å²) in [5.74, 6) is -1.77. The molecule has 1 atom stereocenters. The lowest BCUT2D eigenvalue weighted by molar-refractivity contribution is -0.137. The molecule has 0 unspecified atom stereocenters. The first-order valence-corrected chi connectivity index (χ1v) is 15.2. The number of thiazole rings is 1. The zero-order chi connectivity index (χ0) is 30.1. The molecule has 4 aromatic rings. The Morgan fingerprint density at radius 3 is 2.60 bits per heavy atom. The molecule has 8 nitrogen and oxygen atoms in total. The van der Waals surface area contributed by atoms with Crippen LogP contribution in [0.25, 0.3) is 32.2 Å². The minimum absolute atomic E-state index is 0.0459. The number of ether oxygens (including phenoxy) is 1. The summed E-state index contributed by atoms with van der Waals surface area (Å²) < 4.78 is 81.4. The van der Waals surface area contributed by atoms with E-state index in [-0.39, 0.29) is 55.2 Å². The first-order chi connectivity index (χ1) is 20.6. The predicted molar refractivity (Wildman–Crippen MR) is 155 cm³/mol. The second-order valence-corrected chi connectivity index (χ2v) is 12.7. The highest BCUT2D eigenvalue weighted by Gasteiger charge is 2.45. The maximum absolute atomic E-state index is 16.7. The zero-order valence-electron chi connectivity index (χ0n) is 23.4. The Kier molecular flexibility index (Phi) is 6.86. The molecule has 3 aliphatic rings.